The van der Waals surface area contributed by atoms with Crippen LogP contribution in [-0.4, -0.2) is 96.6 Å². The minimum absolute atomic E-state index is 0.0175. The van der Waals surface area contributed by atoms with Crippen LogP contribution in [0.3, 0.4) is 0 Å². The van der Waals surface area contributed by atoms with Gasteiger partial charge in [-0.15, -0.1) is 0 Å². The van der Waals surface area contributed by atoms with E-state index in [1.165, 1.54) is 11.0 Å². The Morgan fingerprint density at radius 2 is 1.92 bits per heavy atom. The van der Waals surface area contributed by atoms with Crippen LogP contribution in [0, 0.1) is 17.8 Å². The van der Waals surface area contributed by atoms with Gasteiger partial charge in [0.25, 0.3) is 11.8 Å². The molecule has 0 N–H and O–H groups in total. The average Bonchev–Trinajstić information content (AvgIpc) is 3.83. The lowest BCUT2D eigenvalue weighted by molar-refractivity contribution is -0.137. The van der Waals surface area contributed by atoms with Crippen molar-refractivity contribution in [3.8, 4) is 6.01 Å². The van der Waals surface area contributed by atoms with Crippen molar-refractivity contribution >= 4 is 39.8 Å². The van der Waals surface area contributed by atoms with Crippen LogP contribution in [0.25, 0.3) is 15.6 Å². The van der Waals surface area contributed by atoms with Crippen molar-refractivity contribution in [1.82, 2.24) is 19.8 Å². The van der Waals surface area contributed by atoms with Gasteiger partial charge in [-0.2, -0.15) is 9.97 Å². The molecule has 0 unspecified atom stereocenters. The molecule has 1 aromatic heterocycles. The molecule has 4 aliphatic rings. The van der Waals surface area contributed by atoms with Crippen molar-refractivity contribution in [2.45, 2.75) is 37.8 Å². The highest BCUT2D eigenvalue weighted by atomic mass is 35.5. The number of amides is 1. The van der Waals surface area contributed by atoms with Crippen molar-refractivity contribution < 1.29 is 27.1 Å². The smallest absolute Gasteiger partial charge is 0.318 e. The first-order valence-electron chi connectivity index (χ1n) is 15.9. The monoisotopic (exact) mass is 683 g/mol. The number of piperazine rings is 1. The summed E-state index contributed by atoms with van der Waals surface area (Å²) >= 11 is 6.47. The van der Waals surface area contributed by atoms with Gasteiger partial charge in [0.15, 0.2) is 5.83 Å². The first-order chi connectivity index (χ1) is 23.0. The summed E-state index contributed by atoms with van der Waals surface area (Å²) < 4.78 is 61.7. The number of aromatic nitrogens is 2. The van der Waals surface area contributed by atoms with Crippen LogP contribution < -0.4 is 14.5 Å². The van der Waals surface area contributed by atoms with Gasteiger partial charge in [0.05, 0.1) is 37.0 Å². The van der Waals surface area contributed by atoms with Gasteiger partial charge in [-0.1, -0.05) is 36.4 Å². The number of hydrogen-bond acceptors (Lipinski definition) is 7. The van der Waals surface area contributed by atoms with E-state index in [1.54, 1.807) is 11.0 Å². The highest BCUT2D eigenvalue weighted by Crippen LogP contribution is 2.48. The lowest BCUT2D eigenvalue weighted by Gasteiger charge is -2.41. The van der Waals surface area contributed by atoms with E-state index >= 15 is 0 Å². The molecule has 0 spiro atoms. The lowest BCUT2D eigenvalue weighted by atomic mass is 10.0. The molecule has 7 rings (SSSR count). The number of hydrogen-bond donors (Lipinski definition) is 0. The van der Waals surface area contributed by atoms with E-state index in [0.717, 1.165) is 29.5 Å². The number of carbonyl (C=O) groups is 1. The Labute approximate surface area is 280 Å². The summed E-state index contributed by atoms with van der Waals surface area (Å²) in [5.74, 6) is -4.43. The molecule has 1 atom stereocenters. The minimum Gasteiger partial charge on any atom is -0.463 e. The summed E-state index contributed by atoms with van der Waals surface area (Å²) in [6, 6.07) is 8.29. The van der Waals surface area contributed by atoms with Crippen molar-refractivity contribution in [3.63, 3.8) is 0 Å². The SMILES string of the molecule is [C-]#[N+]C[C@H]1CN(c2nc(OCC3(CN4CC(F)(F)C4)CC3)nc3c2CCN(c2cccc4ccc(F)c(Cl)c24)C3)CCN1C(=O)C(=C)F. The molecule has 252 valence electrons. The number of anilines is 2. The Morgan fingerprint density at radius 3 is 2.62 bits per heavy atom. The molecule has 3 aliphatic heterocycles. The Balaban J connectivity index is 1.20. The van der Waals surface area contributed by atoms with Crippen LogP contribution in [0.4, 0.5) is 29.1 Å². The number of ether oxygens (including phenoxy) is 1. The fraction of sp³-hybridized carbons (Fsp3) is 0.471. The summed E-state index contributed by atoms with van der Waals surface area (Å²) in [7, 11) is 0. The second kappa shape index (κ2) is 12.4. The molecule has 3 fully saturated rings. The first-order valence-corrected chi connectivity index (χ1v) is 16.3. The zero-order valence-electron chi connectivity index (χ0n) is 26.2. The summed E-state index contributed by atoms with van der Waals surface area (Å²) in [6.07, 6.45) is 2.25. The highest BCUT2D eigenvalue weighted by molar-refractivity contribution is 6.36. The predicted molar refractivity (Wildman–Crippen MR) is 174 cm³/mol. The van der Waals surface area contributed by atoms with Gasteiger partial charge in [0.1, 0.15) is 17.7 Å². The Morgan fingerprint density at radius 1 is 1.12 bits per heavy atom. The van der Waals surface area contributed by atoms with E-state index in [0.29, 0.717) is 49.5 Å². The zero-order valence-corrected chi connectivity index (χ0v) is 27.0. The van der Waals surface area contributed by atoms with Crippen LogP contribution >= 0.6 is 11.6 Å². The largest absolute Gasteiger partial charge is 0.463 e. The second-order valence-corrected chi connectivity index (χ2v) is 13.7. The topological polar surface area (TPSA) is 69.4 Å². The van der Waals surface area contributed by atoms with E-state index in [2.05, 4.69) is 16.3 Å². The number of rotatable bonds is 9. The molecule has 9 nitrogen and oxygen atoms in total. The van der Waals surface area contributed by atoms with Gasteiger partial charge in [-0.25, -0.2) is 24.1 Å². The molecule has 0 radical (unpaired) electrons. The maximum atomic E-state index is 14.6. The van der Waals surface area contributed by atoms with E-state index in [1.807, 2.05) is 23.1 Å². The normalized spacial score (nSPS) is 21.3. The minimum atomic E-state index is -2.64. The molecule has 1 aliphatic carbocycles. The number of halogens is 5. The number of nitrogens with zero attached hydrogens (tertiary/aromatic N) is 7. The van der Waals surface area contributed by atoms with E-state index in [-0.39, 0.29) is 55.8 Å². The van der Waals surface area contributed by atoms with Gasteiger partial charge in [-0.05, 0) is 36.8 Å². The Bertz CT molecular complexity index is 1820. The molecule has 1 amide bonds. The summed E-state index contributed by atoms with van der Waals surface area (Å²) in [5, 5.41) is 1.46. The maximum Gasteiger partial charge on any atom is 0.318 e. The molecule has 14 heteroatoms. The Hall–Kier alpha value is -4.15. The lowest BCUT2D eigenvalue weighted by Crippen LogP contribution is -2.57. The third-order valence-corrected chi connectivity index (χ3v) is 10.2. The molecule has 48 heavy (non-hydrogen) atoms. The third-order valence-electron chi connectivity index (χ3n) is 9.79. The molecular weight excluding hydrogens is 650 g/mol. The number of alkyl halides is 2. The molecular formula is C34H34ClF4N7O2. The summed E-state index contributed by atoms with van der Waals surface area (Å²) in [5.41, 5.74) is 2.11. The standard InChI is InChI=1S/C34H34ClF4N7O2/c1-21(36)31(47)46-13-12-45(15-23(46)14-40-2)30-24-8-11-44(27-5-3-4-22-6-7-25(37)29(35)28(22)27)16-26(24)41-32(42-30)48-20-33(9-10-33)17-43-18-34(38,39)19-43/h3-7,23H,1,8-20H2/t23-/m0/s1. The molecule has 1 saturated carbocycles. The fourth-order valence-electron chi connectivity index (χ4n) is 7.14. The van der Waals surface area contributed by atoms with Gasteiger partial charge in [0, 0.05) is 54.8 Å². The first kappa shape index (κ1) is 32.4. The van der Waals surface area contributed by atoms with Crippen molar-refractivity contribution in [3.05, 3.63) is 76.3 Å². The van der Waals surface area contributed by atoms with Gasteiger partial charge < -0.3 is 24.3 Å². The van der Waals surface area contributed by atoms with Crippen LogP contribution in [-0.2, 0) is 17.8 Å². The molecule has 2 saturated heterocycles. The van der Waals surface area contributed by atoms with E-state index in [4.69, 9.17) is 32.9 Å². The molecule has 4 heterocycles. The zero-order chi connectivity index (χ0) is 33.8. The van der Waals surface area contributed by atoms with Gasteiger partial charge in [0.2, 0.25) is 6.54 Å². The number of carbonyl (C=O) groups excluding carboxylic acids is 1. The van der Waals surface area contributed by atoms with Gasteiger partial charge >= 0.3 is 6.01 Å². The maximum absolute atomic E-state index is 14.6. The molecule has 0 bridgehead atoms. The van der Waals surface area contributed by atoms with Crippen molar-refractivity contribution in [2.24, 2.45) is 5.41 Å². The second-order valence-electron chi connectivity index (χ2n) is 13.3. The summed E-state index contributed by atoms with van der Waals surface area (Å²) in [4.78, 5) is 32.9. The van der Waals surface area contributed by atoms with Crippen LogP contribution in [0.5, 0.6) is 6.01 Å². The quantitative estimate of drug-likeness (QED) is 0.167. The van der Waals surface area contributed by atoms with Gasteiger partial charge in [-0.3, -0.25) is 9.69 Å². The third kappa shape index (κ3) is 6.23. The predicted octanol–water partition coefficient (Wildman–Crippen LogP) is 5.51. The van der Waals surface area contributed by atoms with Crippen molar-refractivity contribution in [2.75, 3.05) is 68.8 Å². The van der Waals surface area contributed by atoms with Crippen LogP contribution in [0.2, 0.25) is 5.02 Å². The molecule has 2 aromatic carbocycles. The highest BCUT2D eigenvalue weighted by Gasteiger charge is 2.51. The van der Waals surface area contributed by atoms with E-state index in [9.17, 15) is 22.4 Å². The fourth-order valence-corrected chi connectivity index (χ4v) is 7.41. The number of likely N-dealkylation sites (tertiary alicyclic amines) is 1. The number of fused-ring (bicyclic) bond motifs is 2. The van der Waals surface area contributed by atoms with Crippen molar-refractivity contribution in [1.29, 1.82) is 0 Å². The summed E-state index contributed by atoms with van der Waals surface area (Å²) in [6.45, 7) is 12.6. The van der Waals surface area contributed by atoms with Crippen LogP contribution in [0.15, 0.2) is 42.7 Å². The number of benzene rings is 2. The average molecular weight is 684 g/mol. The van der Waals surface area contributed by atoms with Crippen LogP contribution in [0.1, 0.15) is 24.1 Å². The molecule has 3 aromatic rings. The Kier molecular flexibility index (Phi) is 8.36. The van der Waals surface area contributed by atoms with E-state index < -0.39 is 29.5 Å².